The highest BCUT2D eigenvalue weighted by molar-refractivity contribution is 6.00. The zero-order valence-electron chi connectivity index (χ0n) is 16.4. The summed E-state index contributed by atoms with van der Waals surface area (Å²) in [5, 5.41) is 13.1. The zero-order chi connectivity index (χ0) is 21.6. The Morgan fingerprint density at radius 1 is 1.03 bits per heavy atom. The molecule has 0 saturated carbocycles. The van der Waals surface area contributed by atoms with Gasteiger partial charge in [0.1, 0.15) is 0 Å². The lowest BCUT2D eigenvalue weighted by molar-refractivity contribution is -0.384. The number of carbonyl (C=O) groups excluding carboxylic acids is 3. The molecule has 0 aliphatic heterocycles. The lowest BCUT2D eigenvalue weighted by atomic mass is 10.0. The summed E-state index contributed by atoms with van der Waals surface area (Å²) in [4.78, 5) is 46.4. The molecule has 0 aromatic heterocycles. The molecule has 0 aliphatic rings. The van der Waals surface area contributed by atoms with Crippen molar-refractivity contribution in [2.75, 3.05) is 6.54 Å². The molecule has 1 atom stereocenters. The molecule has 2 aromatic rings. The van der Waals surface area contributed by atoms with Gasteiger partial charge in [-0.1, -0.05) is 12.1 Å². The van der Waals surface area contributed by atoms with Crippen LogP contribution < -0.4 is 5.32 Å². The summed E-state index contributed by atoms with van der Waals surface area (Å²) < 4.78 is 5.15. The van der Waals surface area contributed by atoms with Crippen molar-refractivity contribution in [1.29, 1.82) is 0 Å². The third kappa shape index (κ3) is 5.97. The first kappa shape index (κ1) is 21.7. The van der Waals surface area contributed by atoms with Crippen LogP contribution in [0.5, 0.6) is 0 Å². The van der Waals surface area contributed by atoms with E-state index in [1.807, 2.05) is 19.9 Å². The second-order valence-corrected chi connectivity index (χ2v) is 6.61. The highest BCUT2D eigenvalue weighted by atomic mass is 16.6. The van der Waals surface area contributed by atoms with Crippen molar-refractivity contribution in [3.05, 3.63) is 74.8 Å². The number of nitro groups is 1. The highest BCUT2D eigenvalue weighted by Crippen LogP contribution is 2.14. The standard InChI is InChI=1S/C21H22N2O6/c1-13-4-5-17(12-14(13)2)20(25)15(3)29-19(24)10-11-22-21(26)16-6-8-18(9-7-16)23(27)28/h4-9,12,15H,10-11H2,1-3H3,(H,22,26). The number of hydrogen-bond acceptors (Lipinski definition) is 6. The van der Waals surface area contributed by atoms with E-state index in [1.54, 1.807) is 12.1 Å². The van der Waals surface area contributed by atoms with Crippen molar-refractivity contribution in [2.24, 2.45) is 0 Å². The lowest BCUT2D eigenvalue weighted by Crippen LogP contribution is -2.29. The quantitative estimate of drug-likeness (QED) is 0.316. The van der Waals surface area contributed by atoms with Gasteiger partial charge in [-0.2, -0.15) is 0 Å². The molecule has 0 saturated heterocycles. The van der Waals surface area contributed by atoms with Crippen LogP contribution in [0.25, 0.3) is 0 Å². The van der Waals surface area contributed by atoms with Crippen LogP contribution in [0.3, 0.4) is 0 Å². The molecule has 8 nitrogen and oxygen atoms in total. The molecule has 1 amide bonds. The van der Waals surface area contributed by atoms with Gasteiger partial charge in [-0.05, 0) is 50.1 Å². The number of hydrogen-bond donors (Lipinski definition) is 1. The number of ketones is 1. The van der Waals surface area contributed by atoms with Gasteiger partial charge < -0.3 is 10.1 Å². The van der Waals surface area contributed by atoms with Gasteiger partial charge >= 0.3 is 5.97 Å². The number of Topliss-reactive ketones (excluding diaryl/α,β-unsaturated/α-hetero) is 1. The van der Waals surface area contributed by atoms with E-state index in [0.717, 1.165) is 11.1 Å². The van der Waals surface area contributed by atoms with Crippen LogP contribution in [-0.4, -0.2) is 35.2 Å². The number of aryl methyl sites for hydroxylation is 2. The fourth-order valence-electron chi connectivity index (χ4n) is 2.55. The van der Waals surface area contributed by atoms with E-state index in [0.29, 0.717) is 5.56 Å². The third-order valence-electron chi connectivity index (χ3n) is 4.42. The van der Waals surface area contributed by atoms with Crippen molar-refractivity contribution in [1.82, 2.24) is 5.32 Å². The Labute approximate surface area is 168 Å². The molecule has 0 bridgehead atoms. The third-order valence-corrected chi connectivity index (χ3v) is 4.42. The molecule has 2 aromatic carbocycles. The Kier molecular flexibility index (Phi) is 7.19. The Morgan fingerprint density at radius 2 is 1.66 bits per heavy atom. The predicted molar refractivity (Wildman–Crippen MR) is 106 cm³/mol. The van der Waals surface area contributed by atoms with Crippen LogP contribution >= 0.6 is 0 Å². The topological polar surface area (TPSA) is 116 Å². The van der Waals surface area contributed by atoms with Crippen LogP contribution in [0.1, 0.15) is 45.2 Å². The first-order valence-electron chi connectivity index (χ1n) is 9.02. The minimum absolute atomic E-state index is 0.0131. The maximum absolute atomic E-state index is 12.4. The smallest absolute Gasteiger partial charge is 0.308 e. The molecule has 0 spiro atoms. The summed E-state index contributed by atoms with van der Waals surface area (Å²) in [6.07, 6.45) is -1.04. The fourth-order valence-corrected chi connectivity index (χ4v) is 2.55. The average Bonchev–Trinajstić information content (AvgIpc) is 2.69. The molecule has 0 radical (unpaired) electrons. The first-order chi connectivity index (χ1) is 13.7. The van der Waals surface area contributed by atoms with Crippen LogP contribution in [-0.2, 0) is 9.53 Å². The van der Waals surface area contributed by atoms with Gasteiger partial charge in [0.25, 0.3) is 11.6 Å². The molecule has 152 valence electrons. The van der Waals surface area contributed by atoms with E-state index in [1.165, 1.54) is 31.2 Å². The summed E-state index contributed by atoms with van der Waals surface area (Å²) in [6, 6.07) is 10.4. The summed E-state index contributed by atoms with van der Waals surface area (Å²) >= 11 is 0. The Morgan fingerprint density at radius 3 is 2.24 bits per heavy atom. The van der Waals surface area contributed by atoms with E-state index in [2.05, 4.69) is 5.32 Å². The zero-order valence-corrected chi connectivity index (χ0v) is 16.4. The van der Waals surface area contributed by atoms with E-state index in [-0.39, 0.29) is 30.0 Å². The number of nitro benzene ring substituents is 1. The van der Waals surface area contributed by atoms with Crippen molar-refractivity contribution in [2.45, 2.75) is 33.3 Å². The lowest BCUT2D eigenvalue weighted by Gasteiger charge is -2.13. The molecule has 0 aliphatic carbocycles. The van der Waals surface area contributed by atoms with Gasteiger partial charge in [-0.15, -0.1) is 0 Å². The van der Waals surface area contributed by atoms with Crippen molar-refractivity contribution in [3.8, 4) is 0 Å². The largest absolute Gasteiger partial charge is 0.454 e. The van der Waals surface area contributed by atoms with Crippen molar-refractivity contribution in [3.63, 3.8) is 0 Å². The summed E-state index contributed by atoms with van der Waals surface area (Å²) in [6.45, 7) is 5.36. The van der Waals surface area contributed by atoms with Gasteiger partial charge in [-0.25, -0.2) is 0 Å². The van der Waals surface area contributed by atoms with E-state index in [4.69, 9.17) is 4.74 Å². The molecule has 8 heteroatoms. The molecule has 0 heterocycles. The number of nitrogens with zero attached hydrogens (tertiary/aromatic N) is 1. The number of nitrogens with one attached hydrogen (secondary N) is 1. The SMILES string of the molecule is Cc1ccc(C(=O)C(C)OC(=O)CCNC(=O)c2ccc([N+](=O)[O-])cc2)cc1C. The monoisotopic (exact) mass is 398 g/mol. The number of esters is 1. The second kappa shape index (κ2) is 9.59. The number of carbonyl (C=O) groups is 3. The summed E-state index contributed by atoms with van der Waals surface area (Å²) in [7, 11) is 0. The predicted octanol–water partition coefficient (Wildman–Crippen LogP) is 3.15. The van der Waals surface area contributed by atoms with Crippen LogP contribution in [0.15, 0.2) is 42.5 Å². The van der Waals surface area contributed by atoms with Gasteiger partial charge in [-0.3, -0.25) is 24.5 Å². The van der Waals surface area contributed by atoms with Gasteiger partial charge in [0.05, 0.1) is 11.3 Å². The van der Waals surface area contributed by atoms with Crippen LogP contribution in [0.2, 0.25) is 0 Å². The molecular formula is C21H22N2O6. The van der Waals surface area contributed by atoms with Crippen LogP contribution in [0.4, 0.5) is 5.69 Å². The number of ether oxygens (including phenoxy) is 1. The number of rotatable bonds is 8. The van der Waals surface area contributed by atoms with E-state index in [9.17, 15) is 24.5 Å². The first-order valence-corrected chi connectivity index (χ1v) is 9.02. The van der Waals surface area contributed by atoms with Crippen LogP contribution in [0, 0.1) is 24.0 Å². The molecule has 1 unspecified atom stereocenters. The minimum Gasteiger partial charge on any atom is -0.454 e. The molecule has 29 heavy (non-hydrogen) atoms. The number of amides is 1. The molecular weight excluding hydrogens is 376 g/mol. The number of benzene rings is 2. The average molecular weight is 398 g/mol. The molecule has 2 rings (SSSR count). The van der Waals surface area contributed by atoms with Gasteiger partial charge in [0.15, 0.2) is 6.10 Å². The maximum Gasteiger partial charge on any atom is 0.308 e. The second-order valence-electron chi connectivity index (χ2n) is 6.61. The number of non-ortho nitro benzene ring substituents is 1. The minimum atomic E-state index is -0.935. The van der Waals surface area contributed by atoms with Gasteiger partial charge in [0, 0.05) is 29.8 Å². The fraction of sp³-hybridized carbons (Fsp3) is 0.286. The van der Waals surface area contributed by atoms with Gasteiger partial charge in [0.2, 0.25) is 5.78 Å². The Bertz CT molecular complexity index is 937. The van der Waals surface area contributed by atoms with Crippen molar-refractivity contribution < 1.29 is 24.0 Å². The Hall–Kier alpha value is -3.55. The maximum atomic E-state index is 12.4. The highest BCUT2D eigenvalue weighted by Gasteiger charge is 2.20. The summed E-state index contributed by atoms with van der Waals surface area (Å²) in [5.41, 5.74) is 2.63. The van der Waals surface area contributed by atoms with E-state index >= 15 is 0 Å². The Balaban J connectivity index is 1.81. The van der Waals surface area contributed by atoms with Crippen molar-refractivity contribution >= 4 is 23.3 Å². The molecule has 0 fully saturated rings. The van der Waals surface area contributed by atoms with E-state index < -0.39 is 22.9 Å². The normalized spacial score (nSPS) is 11.4. The molecule has 1 N–H and O–H groups in total. The summed E-state index contributed by atoms with van der Waals surface area (Å²) in [5.74, 6) is -1.37.